The largest absolute Gasteiger partial charge is 0.379 e. The molecular weight excluding hydrogens is 773 g/mol. The normalized spacial score (nSPS) is 13.8. The molecule has 0 heterocycles. The number of hydrogen-bond donors (Lipinski definition) is 0. The lowest BCUT2D eigenvalue weighted by atomic mass is 9.66. The predicted molar refractivity (Wildman–Crippen MR) is 270 cm³/mol. The maximum absolute atomic E-state index is 6.29. The van der Waals surface area contributed by atoms with Gasteiger partial charge in [-0.2, -0.15) is 0 Å². The van der Waals surface area contributed by atoms with Gasteiger partial charge < -0.3 is 18.9 Å². The first-order valence-corrected chi connectivity index (χ1v) is 24.3. The molecule has 63 heavy (non-hydrogen) atoms. The summed E-state index contributed by atoms with van der Waals surface area (Å²) in [6.45, 7) is 35.1. The molecule has 0 atom stereocenters. The van der Waals surface area contributed by atoms with E-state index in [0.29, 0.717) is 52.9 Å². The van der Waals surface area contributed by atoms with Gasteiger partial charge in [-0.3, -0.25) is 0 Å². The van der Waals surface area contributed by atoms with Crippen LogP contribution in [0.25, 0.3) is 22.3 Å². The fourth-order valence-electron chi connectivity index (χ4n) is 9.34. The molecule has 342 valence electrons. The summed E-state index contributed by atoms with van der Waals surface area (Å²) in [6, 6.07) is 42.3. The number of benzene rings is 5. The second kappa shape index (κ2) is 23.7. The summed E-state index contributed by atoms with van der Waals surface area (Å²) >= 11 is 0. The van der Waals surface area contributed by atoms with Crippen molar-refractivity contribution in [2.24, 2.45) is 0 Å². The SMILES string of the molecule is CC.CC.CCC.CCOCCOCCC1(CCOCCOCC)c2ccccc2-c2cc3c(cc21)-c1ccccc1C3(c1ccc(C(C)(C)C)cc1)c1ccc(C(C)(C)C)cc1. The molecule has 0 saturated carbocycles. The molecule has 7 rings (SSSR count). The van der Waals surface area contributed by atoms with Gasteiger partial charge in [0.25, 0.3) is 0 Å². The average molecular weight is 855 g/mol. The Balaban J connectivity index is 0.00000118. The van der Waals surface area contributed by atoms with E-state index in [1.165, 1.54) is 73.2 Å². The summed E-state index contributed by atoms with van der Waals surface area (Å²) < 4.78 is 23.8. The molecule has 2 aliphatic rings. The van der Waals surface area contributed by atoms with E-state index >= 15 is 0 Å². The fraction of sp³-hybridized carbons (Fsp3) is 0.492. The second-order valence-electron chi connectivity index (χ2n) is 18.3. The highest BCUT2D eigenvalue weighted by Crippen LogP contribution is 2.61. The molecule has 0 unspecified atom stereocenters. The van der Waals surface area contributed by atoms with Gasteiger partial charge in [-0.05, 0) is 116 Å². The zero-order valence-corrected chi connectivity index (χ0v) is 41.8. The van der Waals surface area contributed by atoms with Crippen LogP contribution in [0.5, 0.6) is 0 Å². The smallest absolute Gasteiger partial charge is 0.0713 e. The van der Waals surface area contributed by atoms with Crippen molar-refractivity contribution in [2.45, 2.75) is 138 Å². The van der Waals surface area contributed by atoms with Gasteiger partial charge in [-0.25, -0.2) is 0 Å². The molecule has 0 radical (unpaired) electrons. The van der Waals surface area contributed by atoms with Crippen LogP contribution < -0.4 is 0 Å². The van der Waals surface area contributed by atoms with Gasteiger partial charge in [0.05, 0.1) is 31.8 Å². The molecular formula is C59H82O4. The van der Waals surface area contributed by atoms with Crippen LogP contribution in [0.3, 0.4) is 0 Å². The monoisotopic (exact) mass is 855 g/mol. The van der Waals surface area contributed by atoms with Gasteiger partial charge in [0.1, 0.15) is 0 Å². The third kappa shape index (κ3) is 11.1. The van der Waals surface area contributed by atoms with Crippen molar-refractivity contribution in [2.75, 3.05) is 52.9 Å². The number of hydrogen-bond acceptors (Lipinski definition) is 4. The molecule has 4 heteroatoms. The van der Waals surface area contributed by atoms with Crippen molar-refractivity contribution in [3.05, 3.63) is 154 Å². The molecule has 5 aromatic carbocycles. The molecule has 0 aliphatic heterocycles. The number of fused-ring (bicyclic) bond motifs is 6. The Morgan fingerprint density at radius 2 is 0.762 bits per heavy atom. The molecule has 0 N–H and O–H groups in total. The Hall–Kier alpha value is -4.06. The summed E-state index contributed by atoms with van der Waals surface area (Å²) in [4.78, 5) is 0. The highest BCUT2D eigenvalue weighted by atomic mass is 16.5. The van der Waals surface area contributed by atoms with E-state index in [4.69, 9.17) is 18.9 Å². The van der Waals surface area contributed by atoms with Crippen LogP contribution in [-0.2, 0) is 40.6 Å². The van der Waals surface area contributed by atoms with Crippen LogP contribution in [0.1, 0.15) is 161 Å². The number of ether oxygens (including phenoxy) is 4. The Morgan fingerprint density at radius 1 is 0.397 bits per heavy atom. The van der Waals surface area contributed by atoms with Crippen molar-refractivity contribution < 1.29 is 18.9 Å². The average Bonchev–Trinajstić information content (AvgIpc) is 3.73. The Bertz CT molecular complexity index is 2040. The van der Waals surface area contributed by atoms with E-state index in [9.17, 15) is 0 Å². The minimum atomic E-state index is -0.501. The van der Waals surface area contributed by atoms with E-state index in [-0.39, 0.29) is 16.2 Å². The Labute approximate surface area is 384 Å². The third-order valence-corrected chi connectivity index (χ3v) is 12.3. The predicted octanol–water partition coefficient (Wildman–Crippen LogP) is 15.3. The van der Waals surface area contributed by atoms with Gasteiger partial charge in [-0.15, -0.1) is 0 Å². The van der Waals surface area contributed by atoms with Crippen molar-refractivity contribution in [1.29, 1.82) is 0 Å². The van der Waals surface area contributed by atoms with Gasteiger partial charge in [0.15, 0.2) is 0 Å². The lowest BCUT2D eigenvalue weighted by Crippen LogP contribution is -2.30. The minimum Gasteiger partial charge on any atom is -0.379 e. The van der Waals surface area contributed by atoms with Crippen molar-refractivity contribution in [3.63, 3.8) is 0 Å². The quantitative estimate of drug-likeness (QED) is 0.0909. The molecule has 2 aliphatic carbocycles. The summed E-state index contributed by atoms with van der Waals surface area (Å²) in [5, 5.41) is 0. The highest BCUT2D eigenvalue weighted by molar-refractivity contribution is 5.92. The van der Waals surface area contributed by atoms with E-state index in [2.05, 4.69) is 165 Å². The summed E-state index contributed by atoms with van der Waals surface area (Å²) in [6.07, 6.45) is 2.96. The lowest BCUT2D eigenvalue weighted by Gasteiger charge is -2.36. The topological polar surface area (TPSA) is 36.9 Å². The van der Waals surface area contributed by atoms with Crippen molar-refractivity contribution in [1.82, 2.24) is 0 Å². The molecule has 4 nitrogen and oxygen atoms in total. The minimum absolute atomic E-state index is 0.0544. The van der Waals surface area contributed by atoms with Gasteiger partial charge in [-0.1, -0.05) is 187 Å². The van der Waals surface area contributed by atoms with E-state index in [1.54, 1.807) is 0 Å². The van der Waals surface area contributed by atoms with Gasteiger partial charge >= 0.3 is 0 Å². The Morgan fingerprint density at radius 3 is 1.19 bits per heavy atom. The van der Waals surface area contributed by atoms with Crippen molar-refractivity contribution in [3.8, 4) is 22.3 Å². The molecule has 5 aromatic rings. The van der Waals surface area contributed by atoms with E-state index in [0.717, 1.165) is 12.8 Å². The molecule has 0 fully saturated rings. The van der Waals surface area contributed by atoms with Gasteiger partial charge in [0.2, 0.25) is 0 Å². The summed E-state index contributed by atoms with van der Waals surface area (Å²) in [5.74, 6) is 0. The van der Waals surface area contributed by atoms with Gasteiger partial charge in [0, 0.05) is 31.8 Å². The first-order valence-electron chi connectivity index (χ1n) is 24.3. The molecule has 0 spiro atoms. The maximum Gasteiger partial charge on any atom is 0.0713 e. The second-order valence-corrected chi connectivity index (χ2v) is 18.3. The lowest BCUT2D eigenvalue weighted by molar-refractivity contribution is 0.0356. The summed E-state index contributed by atoms with van der Waals surface area (Å²) in [7, 11) is 0. The molecule has 0 saturated heterocycles. The maximum atomic E-state index is 6.29. The van der Waals surface area contributed by atoms with Crippen LogP contribution in [0.4, 0.5) is 0 Å². The fourth-order valence-corrected chi connectivity index (χ4v) is 9.34. The summed E-state index contributed by atoms with van der Waals surface area (Å²) in [5.41, 5.74) is 15.3. The van der Waals surface area contributed by atoms with Crippen LogP contribution in [0, 0.1) is 0 Å². The van der Waals surface area contributed by atoms with E-state index < -0.39 is 5.41 Å². The molecule has 0 bridgehead atoms. The van der Waals surface area contributed by atoms with Crippen LogP contribution in [-0.4, -0.2) is 52.9 Å². The zero-order chi connectivity index (χ0) is 46.3. The Kier molecular flexibility index (Phi) is 19.4. The first kappa shape index (κ1) is 51.6. The van der Waals surface area contributed by atoms with Crippen LogP contribution in [0.2, 0.25) is 0 Å². The highest BCUT2D eigenvalue weighted by Gasteiger charge is 2.50. The standard InChI is InChI=1S/C52H62O4.C3H8.2C2H6/c1-9-53-31-33-55-29-27-51(28-30-56-34-32-54-10-2)45-17-13-11-15-41(45)43-36-48-44(35-47(43)51)42-16-12-14-18-46(42)52(48,39-23-19-37(20-24-39)49(3,4)5)40-25-21-38(22-26-40)50(6,7)8;1-3-2;2*1-2/h11-26,35-36H,9-10,27-34H2,1-8H3;3H2,1-2H3;2*1-2H3. The first-order chi connectivity index (χ1) is 30.4. The third-order valence-electron chi connectivity index (χ3n) is 12.3. The van der Waals surface area contributed by atoms with Crippen molar-refractivity contribution >= 4 is 0 Å². The molecule has 0 amide bonds. The molecule has 0 aromatic heterocycles. The zero-order valence-electron chi connectivity index (χ0n) is 41.8. The number of rotatable bonds is 16. The van der Waals surface area contributed by atoms with Crippen LogP contribution in [0.15, 0.2) is 109 Å². The van der Waals surface area contributed by atoms with E-state index in [1.807, 2.05) is 41.5 Å². The van der Waals surface area contributed by atoms with Crippen LogP contribution >= 0.6 is 0 Å².